The summed E-state index contributed by atoms with van der Waals surface area (Å²) < 4.78 is 16.4. The van der Waals surface area contributed by atoms with Gasteiger partial charge in [0.05, 0.1) is 13.7 Å². The summed E-state index contributed by atoms with van der Waals surface area (Å²) in [5.41, 5.74) is 2.11. The van der Waals surface area contributed by atoms with Gasteiger partial charge in [0.1, 0.15) is 12.4 Å². The highest BCUT2D eigenvalue weighted by Gasteiger charge is 2.16. The highest BCUT2D eigenvalue weighted by atomic mass is 16.5. The summed E-state index contributed by atoms with van der Waals surface area (Å²) in [5, 5.41) is 2.75. The summed E-state index contributed by atoms with van der Waals surface area (Å²) in [6.45, 7) is 4.38. The molecule has 1 N–H and O–H groups in total. The SMILES string of the molecule is C#CCOc1ccc(/C=C/C(=O)c2cc(OCC)c(OC)cc2CCNC(C)=O)cc1. The lowest BCUT2D eigenvalue weighted by molar-refractivity contribution is -0.118. The third-order valence-corrected chi connectivity index (χ3v) is 4.35. The Bertz CT molecular complexity index is 971. The number of nitrogens with one attached hydrogen (secondary N) is 1. The number of rotatable bonds is 11. The van der Waals surface area contributed by atoms with Crippen molar-refractivity contribution in [2.45, 2.75) is 20.3 Å². The van der Waals surface area contributed by atoms with Crippen LogP contribution in [0.4, 0.5) is 0 Å². The molecule has 0 saturated heterocycles. The fraction of sp³-hybridized carbons (Fsp3) is 0.280. The van der Waals surface area contributed by atoms with E-state index in [9.17, 15) is 9.59 Å². The molecule has 0 unspecified atom stereocenters. The van der Waals surface area contributed by atoms with E-state index in [1.807, 2.05) is 19.1 Å². The number of allylic oxidation sites excluding steroid dienone is 1. The second kappa shape index (κ2) is 12.1. The fourth-order valence-electron chi connectivity index (χ4n) is 2.90. The Morgan fingerprint density at radius 3 is 2.48 bits per heavy atom. The van der Waals surface area contributed by atoms with Crippen molar-refractivity contribution >= 4 is 17.8 Å². The highest BCUT2D eigenvalue weighted by molar-refractivity contribution is 6.08. The minimum Gasteiger partial charge on any atom is -0.493 e. The lowest BCUT2D eigenvalue weighted by Gasteiger charge is -2.15. The zero-order chi connectivity index (χ0) is 22.6. The number of ether oxygens (including phenoxy) is 3. The number of amides is 1. The lowest BCUT2D eigenvalue weighted by atomic mass is 9.99. The van der Waals surface area contributed by atoms with Gasteiger partial charge in [0.25, 0.3) is 0 Å². The largest absolute Gasteiger partial charge is 0.493 e. The molecule has 0 radical (unpaired) electrons. The molecule has 0 atom stereocenters. The van der Waals surface area contributed by atoms with Crippen molar-refractivity contribution in [1.29, 1.82) is 0 Å². The summed E-state index contributed by atoms with van der Waals surface area (Å²) in [6.07, 6.45) is 8.91. The van der Waals surface area contributed by atoms with Crippen molar-refractivity contribution < 1.29 is 23.8 Å². The molecule has 162 valence electrons. The molecular formula is C25H27NO5. The van der Waals surface area contributed by atoms with Crippen molar-refractivity contribution in [3.05, 3.63) is 59.2 Å². The van der Waals surface area contributed by atoms with Crippen LogP contribution in [0.15, 0.2) is 42.5 Å². The molecule has 0 aromatic heterocycles. The van der Waals surface area contributed by atoms with Crippen LogP contribution in [0.2, 0.25) is 0 Å². The molecule has 6 heteroatoms. The van der Waals surface area contributed by atoms with Crippen molar-refractivity contribution in [2.75, 3.05) is 26.9 Å². The highest BCUT2D eigenvalue weighted by Crippen LogP contribution is 2.31. The van der Waals surface area contributed by atoms with Gasteiger partial charge in [-0.25, -0.2) is 0 Å². The predicted molar refractivity (Wildman–Crippen MR) is 121 cm³/mol. The fourth-order valence-corrected chi connectivity index (χ4v) is 2.90. The molecule has 0 heterocycles. The Balaban J connectivity index is 2.26. The monoisotopic (exact) mass is 421 g/mol. The van der Waals surface area contributed by atoms with Crippen LogP contribution in [0.3, 0.4) is 0 Å². The van der Waals surface area contributed by atoms with Crippen LogP contribution in [0.25, 0.3) is 6.08 Å². The van der Waals surface area contributed by atoms with Gasteiger partial charge in [0.15, 0.2) is 17.3 Å². The van der Waals surface area contributed by atoms with Crippen molar-refractivity contribution in [1.82, 2.24) is 5.32 Å². The number of terminal acetylenes is 1. The standard InChI is InChI=1S/C25H27NO5/c1-5-15-31-21-10-7-19(8-11-21)9-12-23(28)22-17-25(30-6-2)24(29-4)16-20(22)13-14-26-18(3)27/h1,7-12,16-17H,6,13-15H2,2-4H3,(H,26,27)/b12-9+. The van der Waals surface area contributed by atoms with Crippen LogP contribution in [0, 0.1) is 12.3 Å². The Labute approximate surface area is 183 Å². The van der Waals surface area contributed by atoms with Gasteiger partial charge in [-0.2, -0.15) is 0 Å². The maximum atomic E-state index is 13.0. The minimum atomic E-state index is -0.172. The van der Waals surface area contributed by atoms with E-state index in [1.54, 1.807) is 37.5 Å². The molecule has 6 nitrogen and oxygen atoms in total. The van der Waals surface area contributed by atoms with E-state index in [0.29, 0.717) is 42.4 Å². The van der Waals surface area contributed by atoms with E-state index < -0.39 is 0 Å². The van der Waals surface area contributed by atoms with Gasteiger partial charge in [0, 0.05) is 19.0 Å². The van der Waals surface area contributed by atoms with E-state index in [0.717, 1.165) is 11.1 Å². The molecule has 1 amide bonds. The second-order valence-electron chi connectivity index (χ2n) is 6.59. The van der Waals surface area contributed by atoms with E-state index in [-0.39, 0.29) is 18.3 Å². The zero-order valence-electron chi connectivity index (χ0n) is 18.1. The molecule has 2 rings (SSSR count). The van der Waals surface area contributed by atoms with E-state index >= 15 is 0 Å². The van der Waals surface area contributed by atoms with Gasteiger partial charge in [-0.05, 0) is 54.8 Å². The van der Waals surface area contributed by atoms with Crippen molar-refractivity contribution in [3.63, 3.8) is 0 Å². The zero-order valence-corrected chi connectivity index (χ0v) is 18.1. The van der Waals surface area contributed by atoms with E-state index in [1.165, 1.54) is 13.0 Å². The van der Waals surface area contributed by atoms with Gasteiger partial charge in [-0.3, -0.25) is 9.59 Å². The molecule has 0 aliphatic carbocycles. The molecule has 0 bridgehead atoms. The Morgan fingerprint density at radius 1 is 1.13 bits per heavy atom. The van der Waals surface area contributed by atoms with Gasteiger partial charge >= 0.3 is 0 Å². The average molecular weight is 421 g/mol. The third-order valence-electron chi connectivity index (χ3n) is 4.35. The van der Waals surface area contributed by atoms with Crippen molar-refractivity contribution in [3.8, 4) is 29.6 Å². The smallest absolute Gasteiger partial charge is 0.216 e. The van der Waals surface area contributed by atoms with Crippen molar-refractivity contribution in [2.24, 2.45) is 0 Å². The molecule has 2 aromatic carbocycles. The summed E-state index contributed by atoms with van der Waals surface area (Å²) in [4.78, 5) is 24.2. The molecular weight excluding hydrogens is 394 g/mol. The van der Waals surface area contributed by atoms with Crippen LogP contribution >= 0.6 is 0 Å². The molecule has 0 spiro atoms. The van der Waals surface area contributed by atoms with Gasteiger partial charge in [-0.1, -0.05) is 24.1 Å². The summed E-state index contributed by atoms with van der Waals surface area (Å²) in [5.74, 6) is 3.83. The van der Waals surface area contributed by atoms with E-state index in [2.05, 4.69) is 11.2 Å². The van der Waals surface area contributed by atoms with Crippen LogP contribution in [0.1, 0.15) is 35.3 Å². The van der Waals surface area contributed by atoms with Gasteiger partial charge in [0.2, 0.25) is 5.91 Å². The summed E-state index contributed by atoms with van der Waals surface area (Å²) >= 11 is 0. The topological polar surface area (TPSA) is 73.9 Å². The predicted octanol–water partition coefficient (Wildman–Crippen LogP) is 3.68. The number of carbonyl (C=O) groups excluding carboxylic acids is 2. The number of hydrogen-bond acceptors (Lipinski definition) is 5. The van der Waals surface area contributed by atoms with E-state index in [4.69, 9.17) is 20.6 Å². The molecule has 0 fully saturated rings. The van der Waals surface area contributed by atoms with Crippen LogP contribution in [0.5, 0.6) is 17.2 Å². The van der Waals surface area contributed by atoms with Crippen LogP contribution < -0.4 is 19.5 Å². The number of benzene rings is 2. The number of hydrogen-bond donors (Lipinski definition) is 1. The molecule has 0 saturated carbocycles. The van der Waals surface area contributed by atoms with Crippen LogP contribution in [-0.2, 0) is 11.2 Å². The summed E-state index contributed by atoms with van der Waals surface area (Å²) in [7, 11) is 1.55. The minimum absolute atomic E-state index is 0.125. The van der Waals surface area contributed by atoms with Crippen LogP contribution in [-0.4, -0.2) is 38.6 Å². The first-order valence-electron chi connectivity index (χ1n) is 9.95. The molecule has 31 heavy (non-hydrogen) atoms. The Morgan fingerprint density at radius 2 is 1.87 bits per heavy atom. The second-order valence-corrected chi connectivity index (χ2v) is 6.59. The Hall–Kier alpha value is -3.72. The normalized spacial score (nSPS) is 10.4. The molecule has 0 aliphatic heterocycles. The number of methoxy groups -OCH3 is 1. The number of ketones is 1. The molecule has 2 aromatic rings. The number of carbonyl (C=O) groups is 2. The quantitative estimate of drug-likeness (QED) is 0.340. The Kier molecular flexibility index (Phi) is 9.18. The third kappa shape index (κ3) is 7.23. The molecule has 0 aliphatic rings. The maximum Gasteiger partial charge on any atom is 0.216 e. The first kappa shape index (κ1) is 23.6. The average Bonchev–Trinajstić information content (AvgIpc) is 2.77. The van der Waals surface area contributed by atoms with Gasteiger partial charge < -0.3 is 19.5 Å². The van der Waals surface area contributed by atoms with Gasteiger partial charge in [-0.15, -0.1) is 6.42 Å². The first-order valence-corrected chi connectivity index (χ1v) is 9.95. The summed E-state index contributed by atoms with van der Waals surface area (Å²) in [6, 6.07) is 10.7. The maximum absolute atomic E-state index is 13.0. The lowest BCUT2D eigenvalue weighted by Crippen LogP contribution is -2.23. The first-order chi connectivity index (χ1) is 15.0.